The number of anilines is 2. The topological polar surface area (TPSA) is 160 Å². The summed E-state index contributed by atoms with van der Waals surface area (Å²) >= 11 is 0. The number of carbonyl (C=O) groups is 3. The molecule has 0 radical (unpaired) electrons. The maximum Gasteiger partial charge on any atom is 0.319 e. The Hall–Kier alpha value is -5.97. The Bertz CT molecular complexity index is 3010. The summed E-state index contributed by atoms with van der Waals surface area (Å²) in [5.41, 5.74) is 5.21. The molecule has 5 aromatic rings. The standard InChI is InChI=1S/C57H67FN10O5/c1-2-36-5-3-6-37-24-42(69)25-44(48(36)37)50-49(58)51-45(28-59-50)52(67-31-39-7-8-40(32-67)60-39)63-55(62-51)73-34-57(13-14-57)33-65-19-15-56(16-20-65)26-35(27-56)29-64-17-4-18-66(22-21-64)41-9-10-43-38(23-41)30-68(54(43)72)46-11-12-47(70)61-53(46)71/h3,5-6,9-10,23-25,28,35,39-40,46,60,69H,2,4,7-8,11-22,26-27,29-34H2,1H3,(H,61,70,71)/t39?,40?,46-/m0/s1. The second-order valence-electron chi connectivity index (χ2n) is 23.1. The maximum atomic E-state index is 17.2. The van der Waals surface area contributed by atoms with Gasteiger partial charge in [0.2, 0.25) is 11.8 Å². The van der Waals surface area contributed by atoms with Gasteiger partial charge < -0.3 is 39.7 Å². The smallest absolute Gasteiger partial charge is 0.319 e. The molecule has 382 valence electrons. The fraction of sp³-hybridized carbons (Fsp3) is 0.544. The number of amides is 3. The molecule has 1 spiro atoms. The molecule has 16 heteroatoms. The van der Waals surface area contributed by atoms with Gasteiger partial charge in [-0.2, -0.15) is 9.97 Å². The number of nitrogens with one attached hydrogen (secondary N) is 2. The highest BCUT2D eigenvalue weighted by molar-refractivity contribution is 6.06. The number of nitrogens with zero attached hydrogens (tertiary/aromatic N) is 8. The van der Waals surface area contributed by atoms with Crippen molar-refractivity contribution in [3.05, 3.63) is 77.2 Å². The van der Waals surface area contributed by atoms with Gasteiger partial charge in [0.05, 0.1) is 12.0 Å². The Morgan fingerprint density at radius 2 is 1.68 bits per heavy atom. The van der Waals surface area contributed by atoms with Crippen molar-refractivity contribution in [2.24, 2.45) is 16.7 Å². The van der Waals surface area contributed by atoms with E-state index >= 15 is 4.39 Å². The zero-order chi connectivity index (χ0) is 49.6. The first-order valence-corrected chi connectivity index (χ1v) is 27.2. The van der Waals surface area contributed by atoms with Crippen molar-refractivity contribution in [3.63, 3.8) is 0 Å². The summed E-state index contributed by atoms with van der Waals surface area (Å²) in [6, 6.07) is 15.7. The molecule has 15 nitrogen and oxygen atoms in total. The average Bonchev–Trinajstić information content (AvgIpc) is 4.04. The number of rotatable bonds is 12. The predicted molar refractivity (Wildman–Crippen MR) is 277 cm³/mol. The molecule has 3 atom stereocenters. The molecule has 3 aromatic carbocycles. The van der Waals surface area contributed by atoms with Gasteiger partial charge in [-0.1, -0.05) is 25.1 Å². The van der Waals surface area contributed by atoms with Crippen LogP contribution in [0.1, 0.15) is 99.0 Å². The lowest BCUT2D eigenvalue weighted by Crippen LogP contribution is -2.52. The minimum Gasteiger partial charge on any atom is -0.508 e. The van der Waals surface area contributed by atoms with Crippen LogP contribution in [0.4, 0.5) is 15.9 Å². The second-order valence-corrected chi connectivity index (χ2v) is 23.1. The number of ether oxygens (including phenoxy) is 1. The average molecular weight is 991 g/mol. The molecule has 5 saturated heterocycles. The minimum atomic E-state index is -0.600. The van der Waals surface area contributed by atoms with Crippen molar-refractivity contribution >= 4 is 50.9 Å². The molecule has 2 saturated carbocycles. The summed E-state index contributed by atoms with van der Waals surface area (Å²) in [5, 5.41) is 19.2. The molecule has 13 rings (SSSR count). The highest BCUT2D eigenvalue weighted by Gasteiger charge is 2.50. The molecule has 2 bridgehead atoms. The molecule has 3 amide bonds. The summed E-state index contributed by atoms with van der Waals surface area (Å²) in [5.74, 6) is 0.166. The Morgan fingerprint density at radius 1 is 0.863 bits per heavy atom. The van der Waals surface area contributed by atoms with E-state index in [0.717, 1.165) is 137 Å². The number of benzene rings is 3. The van der Waals surface area contributed by atoms with Gasteiger partial charge in [-0.3, -0.25) is 24.7 Å². The van der Waals surface area contributed by atoms with Gasteiger partial charge in [0, 0.05) is 99.3 Å². The molecule has 2 unspecified atom stereocenters. The fourth-order valence-electron chi connectivity index (χ4n) is 14.1. The van der Waals surface area contributed by atoms with Gasteiger partial charge >= 0.3 is 6.01 Å². The molecule has 8 aliphatic rings. The Balaban J connectivity index is 0.626. The number of pyridine rings is 1. The molecule has 8 heterocycles. The van der Waals surface area contributed by atoms with Gasteiger partial charge in [-0.15, -0.1) is 0 Å². The summed E-state index contributed by atoms with van der Waals surface area (Å²) in [7, 11) is 0. The van der Waals surface area contributed by atoms with Gasteiger partial charge in [0.15, 0.2) is 5.82 Å². The van der Waals surface area contributed by atoms with E-state index in [4.69, 9.17) is 19.7 Å². The maximum absolute atomic E-state index is 17.2. The molecule has 2 aliphatic carbocycles. The van der Waals surface area contributed by atoms with Crippen molar-refractivity contribution in [1.82, 2.24) is 40.3 Å². The van der Waals surface area contributed by atoms with Crippen LogP contribution in [-0.4, -0.2) is 143 Å². The van der Waals surface area contributed by atoms with Crippen LogP contribution in [0.25, 0.3) is 32.9 Å². The van der Waals surface area contributed by atoms with Crippen molar-refractivity contribution in [3.8, 4) is 23.0 Å². The van der Waals surface area contributed by atoms with Crippen LogP contribution in [0.15, 0.2) is 54.7 Å². The summed E-state index contributed by atoms with van der Waals surface area (Å²) in [6.07, 6.45) is 13.7. The third kappa shape index (κ3) is 8.84. The quantitative estimate of drug-likeness (QED) is 0.112. The van der Waals surface area contributed by atoms with Crippen LogP contribution < -0.4 is 25.2 Å². The largest absolute Gasteiger partial charge is 0.508 e. The van der Waals surface area contributed by atoms with Crippen molar-refractivity contribution in [1.29, 1.82) is 0 Å². The predicted octanol–water partition coefficient (Wildman–Crippen LogP) is 6.82. The molecule has 3 N–H and O–H groups in total. The van der Waals surface area contributed by atoms with Crippen LogP contribution >= 0.6 is 0 Å². The molecule has 7 fully saturated rings. The number of hydrogen-bond acceptors (Lipinski definition) is 13. The first kappa shape index (κ1) is 46.8. The number of piperazine rings is 1. The monoisotopic (exact) mass is 991 g/mol. The fourth-order valence-corrected chi connectivity index (χ4v) is 14.1. The summed E-state index contributed by atoms with van der Waals surface area (Å²) in [6.45, 7) is 12.9. The Morgan fingerprint density at radius 3 is 2.47 bits per heavy atom. The number of imide groups is 1. The Labute approximate surface area is 425 Å². The van der Waals surface area contributed by atoms with Crippen LogP contribution in [0.3, 0.4) is 0 Å². The van der Waals surface area contributed by atoms with E-state index in [1.54, 1.807) is 23.2 Å². The number of aryl methyl sites for hydroxylation is 1. The van der Waals surface area contributed by atoms with Crippen molar-refractivity contribution in [2.75, 3.05) is 81.9 Å². The van der Waals surface area contributed by atoms with E-state index < -0.39 is 11.9 Å². The summed E-state index contributed by atoms with van der Waals surface area (Å²) in [4.78, 5) is 63.9. The van der Waals surface area contributed by atoms with Gasteiger partial charge in [-0.25, -0.2) is 4.39 Å². The van der Waals surface area contributed by atoms with Crippen LogP contribution in [0.5, 0.6) is 11.8 Å². The number of phenols is 1. The van der Waals surface area contributed by atoms with Crippen LogP contribution in [0, 0.1) is 22.6 Å². The number of halogens is 1. The lowest BCUT2D eigenvalue weighted by atomic mass is 9.57. The highest BCUT2D eigenvalue weighted by atomic mass is 19.1. The number of aromatic hydroxyl groups is 1. The lowest BCUT2D eigenvalue weighted by molar-refractivity contribution is -0.136. The van der Waals surface area contributed by atoms with E-state index in [2.05, 4.69) is 49.3 Å². The molecular formula is C57H67FN10O5. The van der Waals surface area contributed by atoms with Gasteiger partial charge in [0.1, 0.15) is 28.8 Å². The Kier molecular flexibility index (Phi) is 11.8. The third-order valence-corrected chi connectivity index (χ3v) is 18.2. The number of phenolic OH excluding ortho intramolecular Hbond substituents is 1. The minimum absolute atomic E-state index is 0.0340. The van der Waals surface area contributed by atoms with Crippen LogP contribution in [-0.2, 0) is 22.6 Å². The van der Waals surface area contributed by atoms with Gasteiger partial charge in [0.25, 0.3) is 5.91 Å². The SMILES string of the molecule is CCc1cccc2cc(O)cc(-c3ncc4c(N5CC6CCC(C5)N6)nc(OCC5(CN6CCC7(CC6)CC(CN6CCCN(c8ccc9c(c8)CN([C@H]8CCC(=O)NC8=O)C9=O)CC6)C7)CC5)nc4c3F)c12. The van der Waals surface area contributed by atoms with Crippen LogP contribution in [0.2, 0.25) is 0 Å². The molecule has 73 heavy (non-hydrogen) atoms. The summed E-state index contributed by atoms with van der Waals surface area (Å²) < 4.78 is 23.8. The lowest BCUT2D eigenvalue weighted by Gasteiger charge is -2.53. The number of fused-ring (bicyclic) bond motifs is 5. The number of piperidine rings is 2. The van der Waals surface area contributed by atoms with E-state index in [1.165, 1.54) is 25.7 Å². The molecular weight excluding hydrogens is 924 g/mol. The zero-order valence-electron chi connectivity index (χ0n) is 42.0. The number of likely N-dealkylation sites (tertiary alicyclic amines) is 1. The second kappa shape index (κ2) is 18.4. The number of hydrogen-bond donors (Lipinski definition) is 3. The highest BCUT2D eigenvalue weighted by Crippen LogP contribution is 2.54. The van der Waals surface area contributed by atoms with Crippen molar-refractivity contribution in [2.45, 2.75) is 109 Å². The molecule has 2 aromatic heterocycles. The number of carbonyl (C=O) groups excluding carboxylic acids is 3. The third-order valence-electron chi connectivity index (χ3n) is 18.2. The molecule has 6 aliphatic heterocycles. The van der Waals surface area contributed by atoms with Crippen molar-refractivity contribution < 1.29 is 28.6 Å². The normalized spacial score (nSPS) is 25.1. The number of aromatic nitrogens is 3. The van der Waals surface area contributed by atoms with E-state index in [9.17, 15) is 19.5 Å². The van der Waals surface area contributed by atoms with E-state index in [1.807, 2.05) is 24.3 Å². The first-order valence-electron chi connectivity index (χ1n) is 27.2. The van der Waals surface area contributed by atoms with Gasteiger partial charge in [-0.05, 0) is 154 Å². The van der Waals surface area contributed by atoms with E-state index in [0.29, 0.717) is 59.4 Å². The first-order chi connectivity index (χ1) is 35.5. The zero-order valence-corrected chi connectivity index (χ0v) is 42.0. The van der Waals surface area contributed by atoms with E-state index in [-0.39, 0.29) is 52.5 Å².